The summed E-state index contributed by atoms with van der Waals surface area (Å²) in [6.45, 7) is 3.67. The SMILES string of the molecule is CCOC(=O)C1=C(C)N=c2s/c(=C\c3ccc(-c4cccc([N+](=O)[O-])c4)o3)c(=O)n2[C@H]1c1ccc(SC)cc1. The van der Waals surface area contributed by atoms with Crippen LogP contribution in [-0.2, 0) is 9.53 Å². The van der Waals surface area contributed by atoms with Gasteiger partial charge < -0.3 is 9.15 Å². The van der Waals surface area contributed by atoms with Gasteiger partial charge in [-0.15, -0.1) is 11.8 Å². The van der Waals surface area contributed by atoms with E-state index in [1.807, 2.05) is 30.5 Å². The van der Waals surface area contributed by atoms with E-state index in [-0.39, 0.29) is 17.9 Å². The smallest absolute Gasteiger partial charge is 0.338 e. The highest BCUT2D eigenvalue weighted by Gasteiger charge is 2.33. The third kappa shape index (κ3) is 5.10. The van der Waals surface area contributed by atoms with Crippen molar-refractivity contribution in [3.63, 3.8) is 0 Å². The minimum atomic E-state index is -0.699. The number of rotatable bonds is 7. The average molecular weight is 562 g/mol. The highest BCUT2D eigenvalue weighted by atomic mass is 32.2. The Balaban J connectivity index is 1.61. The van der Waals surface area contributed by atoms with Crippen molar-refractivity contribution in [2.75, 3.05) is 12.9 Å². The molecule has 1 atom stereocenters. The van der Waals surface area contributed by atoms with Crippen molar-refractivity contribution < 1.29 is 18.9 Å². The molecule has 2 aromatic carbocycles. The first-order valence-corrected chi connectivity index (χ1v) is 14.0. The Morgan fingerprint density at radius 3 is 2.69 bits per heavy atom. The summed E-state index contributed by atoms with van der Waals surface area (Å²) < 4.78 is 13.1. The van der Waals surface area contributed by atoms with Crippen molar-refractivity contribution in [2.45, 2.75) is 24.8 Å². The van der Waals surface area contributed by atoms with Crippen LogP contribution in [0.15, 0.2) is 91.0 Å². The third-order valence-corrected chi connectivity index (χ3v) is 7.92. The molecule has 0 bridgehead atoms. The molecular weight excluding hydrogens is 538 g/mol. The molecule has 5 rings (SSSR count). The lowest BCUT2D eigenvalue weighted by molar-refractivity contribution is -0.384. The molecule has 0 aliphatic carbocycles. The van der Waals surface area contributed by atoms with Crippen molar-refractivity contribution in [3.05, 3.63) is 113 Å². The van der Waals surface area contributed by atoms with Crippen molar-refractivity contribution in [1.82, 2.24) is 4.57 Å². The summed E-state index contributed by atoms with van der Waals surface area (Å²) in [5.41, 5.74) is 1.76. The number of benzene rings is 2. The maximum absolute atomic E-state index is 13.7. The molecule has 0 unspecified atom stereocenters. The molecular formula is C28H23N3O6S2. The molecule has 198 valence electrons. The van der Waals surface area contributed by atoms with Gasteiger partial charge in [-0.3, -0.25) is 19.5 Å². The molecule has 0 spiro atoms. The maximum atomic E-state index is 13.7. The predicted octanol–water partition coefficient (Wildman–Crippen LogP) is 4.69. The molecule has 39 heavy (non-hydrogen) atoms. The molecule has 0 radical (unpaired) electrons. The molecule has 0 fully saturated rings. The number of carbonyl (C=O) groups excluding carboxylic acids is 1. The highest BCUT2D eigenvalue weighted by Crippen LogP contribution is 2.32. The zero-order valence-corrected chi connectivity index (χ0v) is 22.9. The van der Waals surface area contributed by atoms with Crippen LogP contribution in [0.3, 0.4) is 0 Å². The van der Waals surface area contributed by atoms with Crippen LogP contribution in [0, 0.1) is 10.1 Å². The van der Waals surface area contributed by atoms with Gasteiger partial charge in [-0.1, -0.05) is 35.6 Å². The number of fused-ring (bicyclic) bond motifs is 1. The van der Waals surface area contributed by atoms with Crippen LogP contribution in [0.4, 0.5) is 5.69 Å². The third-order valence-electron chi connectivity index (χ3n) is 6.19. The van der Waals surface area contributed by atoms with Crippen LogP contribution in [0.5, 0.6) is 0 Å². The first kappa shape index (κ1) is 26.4. The molecule has 0 saturated heterocycles. The second kappa shape index (κ2) is 10.9. The molecule has 0 N–H and O–H groups in total. The van der Waals surface area contributed by atoms with Crippen molar-refractivity contribution in [1.29, 1.82) is 0 Å². The van der Waals surface area contributed by atoms with Crippen molar-refractivity contribution >= 4 is 40.8 Å². The monoisotopic (exact) mass is 561 g/mol. The summed E-state index contributed by atoms with van der Waals surface area (Å²) in [5.74, 6) is 0.327. The van der Waals surface area contributed by atoms with Gasteiger partial charge >= 0.3 is 5.97 Å². The Bertz CT molecular complexity index is 1800. The standard InChI is InChI=1S/C28H23N3O6S2/c1-4-36-27(33)24-16(2)29-28-30(25(24)17-8-11-21(38-3)12-9-17)26(32)23(39-28)15-20-10-13-22(37-20)18-6-5-7-19(14-18)31(34)35/h5-15,25H,4H2,1-3H3/b23-15-/t25-/m0/s1. The quantitative estimate of drug-likeness (QED) is 0.139. The van der Waals surface area contributed by atoms with E-state index in [1.54, 1.807) is 56.0 Å². The van der Waals surface area contributed by atoms with E-state index < -0.39 is 16.9 Å². The van der Waals surface area contributed by atoms with Crippen molar-refractivity contribution in [2.24, 2.45) is 4.99 Å². The number of hydrogen-bond donors (Lipinski definition) is 0. The summed E-state index contributed by atoms with van der Waals surface area (Å²) in [6, 6.07) is 16.5. The topological polar surface area (TPSA) is 117 Å². The van der Waals surface area contributed by atoms with E-state index in [1.165, 1.54) is 28.0 Å². The number of nitro groups is 1. The van der Waals surface area contributed by atoms with Crippen LogP contribution in [0.25, 0.3) is 17.4 Å². The number of ether oxygens (including phenoxy) is 1. The fraction of sp³-hybridized carbons (Fsp3) is 0.179. The predicted molar refractivity (Wildman–Crippen MR) is 149 cm³/mol. The average Bonchev–Trinajstić information content (AvgIpc) is 3.52. The number of nitro benzene ring substituents is 1. The number of furan rings is 1. The Morgan fingerprint density at radius 1 is 1.23 bits per heavy atom. The van der Waals surface area contributed by atoms with Gasteiger partial charge in [0.05, 0.1) is 33.4 Å². The summed E-state index contributed by atoms with van der Waals surface area (Å²) >= 11 is 2.79. The second-order valence-electron chi connectivity index (χ2n) is 8.58. The lowest BCUT2D eigenvalue weighted by Crippen LogP contribution is -2.39. The normalized spacial score (nSPS) is 15.2. The van der Waals surface area contributed by atoms with Crippen LogP contribution in [0.1, 0.15) is 31.2 Å². The van der Waals surface area contributed by atoms with Gasteiger partial charge in [-0.25, -0.2) is 9.79 Å². The van der Waals surface area contributed by atoms with Crippen LogP contribution in [-0.4, -0.2) is 28.3 Å². The van der Waals surface area contributed by atoms with Gasteiger partial charge in [0.25, 0.3) is 11.2 Å². The molecule has 1 aliphatic heterocycles. The van der Waals surface area contributed by atoms with E-state index in [0.29, 0.717) is 37.7 Å². The molecule has 0 amide bonds. The Labute approximate surface area is 230 Å². The second-order valence-corrected chi connectivity index (χ2v) is 10.5. The van der Waals surface area contributed by atoms with Gasteiger partial charge in [0.15, 0.2) is 4.80 Å². The van der Waals surface area contributed by atoms with Crippen molar-refractivity contribution in [3.8, 4) is 11.3 Å². The van der Waals surface area contributed by atoms with Gasteiger partial charge in [-0.05, 0) is 49.9 Å². The number of esters is 1. The van der Waals surface area contributed by atoms with Gasteiger partial charge in [0.1, 0.15) is 11.5 Å². The summed E-state index contributed by atoms with van der Waals surface area (Å²) in [6.07, 6.45) is 3.59. The zero-order valence-electron chi connectivity index (χ0n) is 21.2. The zero-order chi connectivity index (χ0) is 27.7. The summed E-state index contributed by atoms with van der Waals surface area (Å²) in [4.78, 5) is 43.5. The Kier molecular flexibility index (Phi) is 7.36. The highest BCUT2D eigenvalue weighted by molar-refractivity contribution is 7.98. The van der Waals surface area contributed by atoms with Gasteiger partial charge in [0, 0.05) is 28.7 Å². The van der Waals surface area contributed by atoms with E-state index in [9.17, 15) is 19.7 Å². The number of thioether (sulfide) groups is 1. The molecule has 11 heteroatoms. The first-order valence-electron chi connectivity index (χ1n) is 12.0. The van der Waals surface area contributed by atoms with E-state index >= 15 is 0 Å². The van der Waals surface area contributed by atoms with Gasteiger partial charge in [0.2, 0.25) is 0 Å². The Morgan fingerprint density at radius 2 is 2.00 bits per heavy atom. The number of hydrogen-bond acceptors (Lipinski definition) is 9. The minimum Gasteiger partial charge on any atom is -0.463 e. The van der Waals surface area contributed by atoms with E-state index in [2.05, 4.69) is 4.99 Å². The first-order chi connectivity index (χ1) is 18.8. The molecule has 9 nitrogen and oxygen atoms in total. The number of aromatic nitrogens is 1. The van der Waals surface area contributed by atoms with E-state index in [4.69, 9.17) is 9.15 Å². The molecule has 4 aromatic rings. The minimum absolute atomic E-state index is 0.0444. The van der Waals surface area contributed by atoms with Crippen LogP contribution < -0.4 is 14.9 Å². The summed E-state index contributed by atoms with van der Waals surface area (Å²) in [7, 11) is 0. The van der Waals surface area contributed by atoms with Crippen LogP contribution >= 0.6 is 23.1 Å². The number of nitrogens with zero attached hydrogens (tertiary/aromatic N) is 3. The van der Waals surface area contributed by atoms with Gasteiger partial charge in [-0.2, -0.15) is 0 Å². The number of non-ortho nitro benzene ring substituents is 1. The van der Waals surface area contributed by atoms with E-state index in [0.717, 1.165) is 10.5 Å². The lowest BCUT2D eigenvalue weighted by Gasteiger charge is -2.24. The number of carbonyl (C=O) groups is 1. The lowest BCUT2D eigenvalue weighted by atomic mass is 9.96. The fourth-order valence-electron chi connectivity index (χ4n) is 4.38. The number of thiazole rings is 1. The summed E-state index contributed by atoms with van der Waals surface area (Å²) in [5, 5.41) is 11.1. The number of allylic oxidation sites excluding steroid dienone is 1. The Hall–Kier alpha value is -4.22. The molecule has 3 heterocycles. The fourth-order valence-corrected chi connectivity index (χ4v) is 5.82. The molecule has 0 saturated carbocycles. The maximum Gasteiger partial charge on any atom is 0.338 e. The molecule has 1 aliphatic rings. The van der Waals surface area contributed by atoms with Crippen LogP contribution in [0.2, 0.25) is 0 Å². The molecule has 2 aromatic heterocycles. The largest absolute Gasteiger partial charge is 0.463 e.